The molecule has 3 aromatic rings. The number of oxime groups is 1. The van der Waals surface area contributed by atoms with E-state index < -0.39 is 17.7 Å². The van der Waals surface area contributed by atoms with E-state index in [0.29, 0.717) is 53.6 Å². The quantitative estimate of drug-likeness (QED) is 0.0535. The van der Waals surface area contributed by atoms with Gasteiger partial charge in [0.2, 0.25) is 18.5 Å². The van der Waals surface area contributed by atoms with Crippen molar-refractivity contribution in [3.05, 3.63) is 102 Å². The van der Waals surface area contributed by atoms with E-state index in [1.54, 1.807) is 31.4 Å². The molecule has 5 aliphatic rings. The first kappa shape index (κ1) is 40.6. The molecular formula is C47H54N2O10. The number of amides is 1. The maximum Gasteiger partial charge on any atom is 0.239 e. The smallest absolute Gasteiger partial charge is 0.239 e. The summed E-state index contributed by atoms with van der Waals surface area (Å²) in [5, 5.41) is 24.5. The zero-order chi connectivity index (χ0) is 40.9. The maximum atomic E-state index is 14.8. The summed E-state index contributed by atoms with van der Waals surface area (Å²) in [7, 11) is 1.55. The molecule has 8 rings (SSSR count). The van der Waals surface area contributed by atoms with Gasteiger partial charge in [-0.3, -0.25) is 9.59 Å². The standard InChI is InChI=1S/C47H54N2O10/c1-3-21-57-47-43(49(46(53)32-14-15-32)27-30-13-17-41-42(23-30)56-29-55-41)26-39(48-54-2)37-24-33(10-4-6-19-50)36(12-5-7-20-51)44(45(37)47)38-25-35(16-18-40(38)59-47)58-34-11-8-9-31(22-34)28-52/h3,8-9,11,13,16-18,22-25,28,32-33,36,43-45,50-51H,1,4-7,10,12,14-15,19-21,26-27,29H2,2H3. The van der Waals surface area contributed by atoms with E-state index in [4.69, 9.17) is 33.7 Å². The van der Waals surface area contributed by atoms with E-state index in [2.05, 4.69) is 12.7 Å². The molecule has 6 unspecified atom stereocenters. The molecule has 1 amide bonds. The van der Waals surface area contributed by atoms with Gasteiger partial charge in [-0.25, -0.2) is 0 Å². The highest BCUT2D eigenvalue weighted by atomic mass is 16.7. The second-order valence-corrected chi connectivity index (χ2v) is 16.2. The average molecular weight is 807 g/mol. The Kier molecular flexibility index (Phi) is 12.4. The summed E-state index contributed by atoms with van der Waals surface area (Å²) in [6, 6.07) is 18.0. The van der Waals surface area contributed by atoms with Crippen LogP contribution in [0, 0.1) is 23.7 Å². The van der Waals surface area contributed by atoms with E-state index in [-0.39, 0.29) is 62.7 Å². The molecule has 0 radical (unpaired) electrons. The summed E-state index contributed by atoms with van der Waals surface area (Å²) in [6.07, 6.45) is 11.4. The van der Waals surface area contributed by atoms with Gasteiger partial charge >= 0.3 is 0 Å². The van der Waals surface area contributed by atoms with Crippen molar-refractivity contribution >= 4 is 17.9 Å². The van der Waals surface area contributed by atoms with Crippen molar-refractivity contribution in [1.82, 2.24) is 4.90 Å². The lowest BCUT2D eigenvalue weighted by Gasteiger charge is -2.60. The zero-order valence-electron chi connectivity index (χ0n) is 33.6. The summed E-state index contributed by atoms with van der Waals surface area (Å²) >= 11 is 0. The Labute approximate surface area is 345 Å². The molecule has 2 aliphatic heterocycles. The van der Waals surface area contributed by atoms with Gasteiger partial charge in [0.15, 0.2) is 11.5 Å². The minimum atomic E-state index is -1.38. The number of fused-ring (bicyclic) bond motifs is 3. The average Bonchev–Trinajstić information content (AvgIpc) is 4.00. The van der Waals surface area contributed by atoms with Crippen LogP contribution in [0.4, 0.5) is 0 Å². The number of aliphatic hydroxyl groups is 2. The third kappa shape index (κ3) is 8.22. The zero-order valence-corrected chi connectivity index (χ0v) is 33.6. The second-order valence-electron chi connectivity index (χ2n) is 16.2. The predicted molar refractivity (Wildman–Crippen MR) is 220 cm³/mol. The van der Waals surface area contributed by atoms with Gasteiger partial charge in [-0.2, -0.15) is 0 Å². The van der Waals surface area contributed by atoms with Crippen molar-refractivity contribution in [3.63, 3.8) is 0 Å². The Balaban J connectivity index is 1.31. The number of nitrogens with zero attached hydrogens (tertiary/aromatic N) is 2. The number of rotatable bonds is 19. The lowest BCUT2D eigenvalue weighted by Crippen LogP contribution is -2.70. The number of hydrogen-bond donors (Lipinski definition) is 2. The molecule has 12 nitrogen and oxygen atoms in total. The first-order chi connectivity index (χ1) is 28.9. The third-order valence-electron chi connectivity index (χ3n) is 12.5. The van der Waals surface area contributed by atoms with Crippen LogP contribution in [0.1, 0.15) is 85.2 Å². The van der Waals surface area contributed by atoms with Crippen LogP contribution in [0.3, 0.4) is 0 Å². The molecule has 2 saturated carbocycles. The Hall–Kier alpha value is -5.17. The Morgan fingerprint density at radius 1 is 0.966 bits per heavy atom. The summed E-state index contributed by atoms with van der Waals surface area (Å²) in [5.74, 6) is 1.08. The fraction of sp³-hybridized carbons (Fsp3) is 0.468. The highest BCUT2D eigenvalue weighted by molar-refractivity contribution is 6.03. The van der Waals surface area contributed by atoms with Crippen LogP contribution < -0.4 is 18.9 Å². The van der Waals surface area contributed by atoms with Crippen molar-refractivity contribution in [3.8, 4) is 28.7 Å². The van der Waals surface area contributed by atoms with Crippen molar-refractivity contribution < 1.29 is 48.3 Å². The normalized spacial score (nSPS) is 25.6. The molecule has 2 fully saturated rings. The summed E-state index contributed by atoms with van der Waals surface area (Å²) in [5.41, 5.74) is 4.03. The highest BCUT2D eigenvalue weighted by Gasteiger charge is 2.66. The van der Waals surface area contributed by atoms with E-state index in [1.165, 1.54) is 0 Å². The number of carbonyl (C=O) groups excluding carboxylic acids is 2. The van der Waals surface area contributed by atoms with Crippen LogP contribution in [0.2, 0.25) is 0 Å². The van der Waals surface area contributed by atoms with Gasteiger partial charge in [-0.15, -0.1) is 6.58 Å². The molecule has 312 valence electrons. The first-order valence-electron chi connectivity index (χ1n) is 20.9. The van der Waals surface area contributed by atoms with Crippen LogP contribution in [0.5, 0.6) is 28.7 Å². The number of allylic oxidation sites excluding steroid dienone is 1. The molecule has 2 N–H and O–H groups in total. The Bertz CT molecular complexity index is 2080. The van der Waals surface area contributed by atoms with Gasteiger partial charge in [-0.05, 0) is 104 Å². The van der Waals surface area contributed by atoms with E-state index in [1.807, 2.05) is 47.4 Å². The molecule has 0 bridgehead atoms. The SMILES string of the molecule is C=CCOC12Oc3ccc(Oc4cccc(C=O)c4)cc3C3C(CCCCO)C(CCCCO)C=C(C(=NOC)CC1N(Cc1ccc4c(c1)OCO4)C(=O)C1CC1)C32. The van der Waals surface area contributed by atoms with Crippen molar-refractivity contribution in [2.24, 2.45) is 28.8 Å². The first-order valence-corrected chi connectivity index (χ1v) is 20.9. The molecule has 0 spiro atoms. The largest absolute Gasteiger partial charge is 0.459 e. The minimum Gasteiger partial charge on any atom is -0.459 e. The molecule has 6 atom stereocenters. The number of carbonyl (C=O) groups is 2. The number of aliphatic hydroxyl groups excluding tert-OH is 2. The van der Waals surface area contributed by atoms with Gasteiger partial charge in [-0.1, -0.05) is 48.3 Å². The molecule has 3 aliphatic carbocycles. The highest BCUT2D eigenvalue weighted by Crippen LogP contribution is 2.62. The summed E-state index contributed by atoms with van der Waals surface area (Å²) in [4.78, 5) is 33.9. The van der Waals surface area contributed by atoms with Crippen LogP contribution >= 0.6 is 0 Å². The van der Waals surface area contributed by atoms with E-state index >= 15 is 0 Å². The van der Waals surface area contributed by atoms with Crippen molar-refractivity contribution in [1.29, 1.82) is 0 Å². The number of aldehydes is 1. The second kappa shape index (κ2) is 18.0. The fourth-order valence-electron chi connectivity index (χ4n) is 9.75. The van der Waals surface area contributed by atoms with E-state index in [9.17, 15) is 19.8 Å². The number of benzene rings is 3. The molecule has 0 aromatic heterocycles. The van der Waals surface area contributed by atoms with Gasteiger partial charge in [0.05, 0.1) is 18.2 Å². The number of ether oxygens (including phenoxy) is 5. The molecule has 59 heavy (non-hydrogen) atoms. The van der Waals surface area contributed by atoms with Crippen LogP contribution in [0.15, 0.2) is 90.1 Å². The third-order valence-corrected chi connectivity index (χ3v) is 12.5. The van der Waals surface area contributed by atoms with Gasteiger partial charge in [0.1, 0.15) is 36.7 Å². The molecule has 12 heteroatoms. The van der Waals surface area contributed by atoms with Gasteiger partial charge in [0.25, 0.3) is 0 Å². The van der Waals surface area contributed by atoms with Crippen LogP contribution in [-0.4, -0.2) is 78.6 Å². The summed E-state index contributed by atoms with van der Waals surface area (Å²) in [6.45, 7) is 4.82. The monoisotopic (exact) mass is 806 g/mol. The Morgan fingerprint density at radius 3 is 2.51 bits per heavy atom. The predicted octanol–water partition coefficient (Wildman–Crippen LogP) is 7.72. The fourth-order valence-corrected chi connectivity index (χ4v) is 9.75. The van der Waals surface area contributed by atoms with Crippen molar-refractivity contribution in [2.45, 2.75) is 82.1 Å². The Morgan fingerprint density at radius 2 is 1.75 bits per heavy atom. The lowest BCUT2D eigenvalue weighted by atomic mass is 9.55. The summed E-state index contributed by atoms with van der Waals surface area (Å²) < 4.78 is 32.3. The van der Waals surface area contributed by atoms with Crippen LogP contribution in [-0.2, 0) is 20.9 Å². The molecular weight excluding hydrogens is 753 g/mol. The van der Waals surface area contributed by atoms with Crippen molar-refractivity contribution in [2.75, 3.05) is 33.7 Å². The lowest BCUT2D eigenvalue weighted by molar-refractivity contribution is -0.258. The van der Waals surface area contributed by atoms with Gasteiger partial charge in [0, 0.05) is 49.1 Å². The molecule has 2 heterocycles. The number of unbranched alkanes of at least 4 members (excludes halogenated alkanes) is 2. The van der Waals surface area contributed by atoms with Gasteiger partial charge < -0.3 is 43.6 Å². The van der Waals surface area contributed by atoms with E-state index in [0.717, 1.165) is 67.2 Å². The number of hydrogen-bond acceptors (Lipinski definition) is 11. The minimum absolute atomic E-state index is 0.0304. The maximum absolute atomic E-state index is 14.8. The molecule has 3 aromatic carbocycles. The van der Waals surface area contributed by atoms with Crippen LogP contribution in [0.25, 0.3) is 0 Å². The topological polar surface area (TPSA) is 146 Å². The molecule has 0 saturated heterocycles.